The van der Waals surface area contributed by atoms with Crippen molar-refractivity contribution in [1.29, 1.82) is 0 Å². The van der Waals surface area contributed by atoms with Crippen LogP contribution < -0.4 is 5.32 Å². The molecular formula is C19H29N3O2. The number of carbonyl (C=O) groups is 1. The fourth-order valence-electron chi connectivity index (χ4n) is 3.08. The number of carbonyl (C=O) groups excluding carboxylic acids is 1. The van der Waals surface area contributed by atoms with Gasteiger partial charge in [-0.2, -0.15) is 0 Å². The molecule has 2 rings (SSSR count). The van der Waals surface area contributed by atoms with Gasteiger partial charge in [-0.05, 0) is 38.7 Å². The smallest absolute Gasteiger partial charge is 0.308 e. The van der Waals surface area contributed by atoms with Crippen LogP contribution in [0.15, 0.2) is 29.3 Å². The van der Waals surface area contributed by atoms with Crippen molar-refractivity contribution < 1.29 is 9.53 Å². The minimum absolute atomic E-state index is 0.0291. The third-order valence-corrected chi connectivity index (χ3v) is 4.41. The molecule has 0 aliphatic carbocycles. The standard InChI is InChI=1S/C19H29N3O2/c1-4-20-19(21-11-8-16-7-5-6-15(2)14-16)22-12-9-17(10-13-22)18(23)24-3/h5-7,14,17H,4,8-13H2,1-3H3,(H,20,21). The van der Waals surface area contributed by atoms with Crippen LogP contribution in [0.25, 0.3) is 0 Å². The number of esters is 1. The first kappa shape index (κ1) is 18.3. The minimum Gasteiger partial charge on any atom is -0.469 e. The van der Waals surface area contributed by atoms with E-state index in [0.717, 1.165) is 51.4 Å². The number of piperidine rings is 1. The van der Waals surface area contributed by atoms with Crippen LogP contribution in [-0.2, 0) is 16.0 Å². The molecule has 1 aromatic carbocycles. The largest absolute Gasteiger partial charge is 0.469 e. The highest BCUT2D eigenvalue weighted by Gasteiger charge is 2.26. The summed E-state index contributed by atoms with van der Waals surface area (Å²) in [5, 5.41) is 3.37. The van der Waals surface area contributed by atoms with E-state index < -0.39 is 0 Å². The SMILES string of the molecule is CCNC(=NCCc1cccc(C)c1)N1CCC(C(=O)OC)CC1. The molecule has 132 valence electrons. The van der Waals surface area contributed by atoms with Crippen LogP contribution in [0.1, 0.15) is 30.9 Å². The average molecular weight is 331 g/mol. The molecule has 0 radical (unpaired) electrons. The third kappa shape index (κ3) is 5.25. The Balaban J connectivity index is 1.90. The number of ether oxygens (including phenoxy) is 1. The molecule has 5 nitrogen and oxygen atoms in total. The number of benzene rings is 1. The summed E-state index contributed by atoms with van der Waals surface area (Å²) >= 11 is 0. The number of methoxy groups -OCH3 is 1. The van der Waals surface area contributed by atoms with Crippen molar-refractivity contribution in [1.82, 2.24) is 10.2 Å². The van der Waals surface area contributed by atoms with Crippen molar-refractivity contribution >= 4 is 11.9 Å². The molecule has 0 bridgehead atoms. The number of aliphatic imine (C=N–C) groups is 1. The van der Waals surface area contributed by atoms with Crippen molar-refractivity contribution in [3.63, 3.8) is 0 Å². The minimum atomic E-state index is -0.0870. The molecule has 1 saturated heterocycles. The Hall–Kier alpha value is -2.04. The van der Waals surface area contributed by atoms with E-state index in [0.29, 0.717) is 0 Å². The summed E-state index contributed by atoms with van der Waals surface area (Å²) in [4.78, 5) is 18.7. The molecule has 1 heterocycles. The molecule has 5 heteroatoms. The van der Waals surface area contributed by atoms with E-state index in [1.807, 2.05) is 0 Å². The summed E-state index contributed by atoms with van der Waals surface area (Å²) in [6.07, 6.45) is 2.60. The quantitative estimate of drug-likeness (QED) is 0.511. The summed E-state index contributed by atoms with van der Waals surface area (Å²) in [5.74, 6) is 0.894. The molecule has 1 N–H and O–H groups in total. The second kappa shape index (κ2) is 9.30. The van der Waals surface area contributed by atoms with Gasteiger partial charge in [0.1, 0.15) is 0 Å². The second-order valence-corrected chi connectivity index (χ2v) is 6.26. The predicted octanol–water partition coefficient (Wildman–Crippen LogP) is 2.39. The van der Waals surface area contributed by atoms with Gasteiger partial charge in [0.15, 0.2) is 5.96 Å². The normalized spacial score (nSPS) is 16.1. The molecule has 1 fully saturated rings. The van der Waals surface area contributed by atoms with Gasteiger partial charge in [0.25, 0.3) is 0 Å². The number of guanidine groups is 1. The molecule has 0 spiro atoms. The van der Waals surface area contributed by atoms with Crippen molar-refractivity contribution in [2.24, 2.45) is 10.9 Å². The monoisotopic (exact) mass is 331 g/mol. The summed E-state index contributed by atoms with van der Waals surface area (Å²) in [7, 11) is 1.46. The molecule has 0 aromatic heterocycles. The lowest BCUT2D eigenvalue weighted by molar-refractivity contribution is -0.146. The Kier molecular flexibility index (Phi) is 7.09. The lowest BCUT2D eigenvalue weighted by Crippen LogP contribution is -2.46. The molecule has 0 atom stereocenters. The van der Waals surface area contributed by atoms with Crippen molar-refractivity contribution in [3.8, 4) is 0 Å². The molecule has 1 aliphatic rings. The average Bonchev–Trinajstić information content (AvgIpc) is 2.60. The van der Waals surface area contributed by atoms with Crippen molar-refractivity contribution in [3.05, 3.63) is 35.4 Å². The molecular weight excluding hydrogens is 302 g/mol. The Morgan fingerprint density at radius 1 is 1.38 bits per heavy atom. The van der Waals surface area contributed by atoms with E-state index in [1.165, 1.54) is 18.2 Å². The topological polar surface area (TPSA) is 53.9 Å². The Labute approximate surface area is 145 Å². The molecule has 0 unspecified atom stereocenters. The van der Waals surface area contributed by atoms with Crippen LogP contribution in [0.2, 0.25) is 0 Å². The third-order valence-electron chi connectivity index (χ3n) is 4.41. The highest BCUT2D eigenvalue weighted by Crippen LogP contribution is 2.18. The number of hydrogen-bond donors (Lipinski definition) is 1. The first-order chi connectivity index (χ1) is 11.6. The van der Waals surface area contributed by atoms with Gasteiger partial charge in [-0.25, -0.2) is 0 Å². The zero-order valence-corrected chi connectivity index (χ0v) is 15.0. The maximum Gasteiger partial charge on any atom is 0.308 e. The summed E-state index contributed by atoms with van der Waals surface area (Å²) < 4.78 is 4.85. The number of hydrogen-bond acceptors (Lipinski definition) is 3. The first-order valence-corrected chi connectivity index (χ1v) is 8.80. The highest BCUT2D eigenvalue weighted by atomic mass is 16.5. The Bertz CT molecular complexity index is 563. The van der Waals surface area contributed by atoms with E-state index in [4.69, 9.17) is 9.73 Å². The van der Waals surface area contributed by atoms with E-state index in [2.05, 4.69) is 48.3 Å². The van der Waals surface area contributed by atoms with Crippen LogP contribution in [0.3, 0.4) is 0 Å². The van der Waals surface area contributed by atoms with Gasteiger partial charge in [-0.3, -0.25) is 9.79 Å². The number of nitrogens with zero attached hydrogens (tertiary/aromatic N) is 2. The Morgan fingerprint density at radius 3 is 2.75 bits per heavy atom. The maximum absolute atomic E-state index is 11.6. The van der Waals surface area contributed by atoms with Crippen LogP contribution >= 0.6 is 0 Å². The van der Waals surface area contributed by atoms with Gasteiger partial charge in [0.2, 0.25) is 0 Å². The number of aryl methyl sites for hydroxylation is 1. The number of likely N-dealkylation sites (tertiary alicyclic amines) is 1. The number of nitrogens with one attached hydrogen (secondary N) is 1. The fourth-order valence-corrected chi connectivity index (χ4v) is 3.08. The molecule has 0 saturated carbocycles. The van der Waals surface area contributed by atoms with Gasteiger partial charge < -0.3 is 15.0 Å². The van der Waals surface area contributed by atoms with Gasteiger partial charge in [0.05, 0.1) is 13.0 Å². The van der Waals surface area contributed by atoms with Gasteiger partial charge in [0, 0.05) is 26.2 Å². The summed E-state index contributed by atoms with van der Waals surface area (Å²) in [5.41, 5.74) is 2.60. The lowest BCUT2D eigenvalue weighted by atomic mass is 9.97. The lowest BCUT2D eigenvalue weighted by Gasteiger charge is -2.33. The van der Waals surface area contributed by atoms with Crippen LogP contribution in [0, 0.1) is 12.8 Å². The molecule has 0 amide bonds. The second-order valence-electron chi connectivity index (χ2n) is 6.26. The van der Waals surface area contributed by atoms with Crippen LogP contribution in [0.4, 0.5) is 0 Å². The molecule has 1 aromatic rings. The summed E-state index contributed by atoms with van der Waals surface area (Å²) in [6.45, 7) is 7.49. The predicted molar refractivity (Wildman–Crippen MR) is 97.2 cm³/mol. The zero-order chi connectivity index (χ0) is 17.4. The highest BCUT2D eigenvalue weighted by molar-refractivity contribution is 5.80. The number of rotatable bonds is 5. The van der Waals surface area contributed by atoms with Crippen molar-refractivity contribution in [2.75, 3.05) is 33.3 Å². The van der Waals surface area contributed by atoms with Gasteiger partial charge in [-0.15, -0.1) is 0 Å². The maximum atomic E-state index is 11.6. The van der Waals surface area contributed by atoms with E-state index in [9.17, 15) is 4.79 Å². The Morgan fingerprint density at radius 2 is 2.12 bits per heavy atom. The first-order valence-electron chi connectivity index (χ1n) is 8.80. The van der Waals surface area contributed by atoms with Crippen molar-refractivity contribution in [2.45, 2.75) is 33.1 Å². The van der Waals surface area contributed by atoms with Gasteiger partial charge >= 0.3 is 5.97 Å². The van der Waals surface area contributed by atoms with Crippen LogP contribution in [-0.4, -0.2) is 50.1 Å². The zero-order valence-electron chi connectivity index (χ0n) is 15.0. The summed E-state index contributed by atoms with van der Waals surface area (Å²) in [6, 6.07) is 8.57. The van der Waals surface area contributed by atoms with E-state index in [1.54, 1.807) is 0 Å². The van der Waals surface area contributed by atoms with Gasteiger partial charge in [-0.1, -0.05) is 29.8 Å². The fraction of sp³-hybridized carbons (Fsp3) is 0.579. The van der Waals surface area contributed by atoms with Crippen LogP contribution in [0.5, 0.6) is 0 Å². The van der Waals surface area contributed by atoms with E-state index in [-0.39, 0.29) is 11.9 Å². The molecule has 24 heavy (non-hydrogen) atoms. The van der Waals surface area contributed by atoms with E-state index >= 15 is 0 Å². The molecule has 1 aliphatic heterocycles.